The van der Waals surface area contributed by atoms with Crippen LogP contribution >= 0.6 is 0 Å². The third-order valence-corrected chi connectivity index (χ3v) is 5.96. The van der Waals surface area contributed by atoms with E-state index < -0.39 is 35.5 Å². The van der Waals surface area contributed by atoms with E-state index >= 15 is 0 Å². The lowest BCUT2D eigenvalue weighted by Crippen LogP contribution is -2.18. The molecule has 0 radical (unpaired) electrons. The summed E-state index contributed by atoms with van der Waals surface area (Å²) in [7, 11) is 0. The molecule has 4 aromatic carbocycles. The average molecular weight is 518 g/mol. The Labute approximate surface area is 215 Å². The number of rotatable bonds is 5. The maximum Gasteiger partial charge on any atom is 0.450 e. The lowest BCUT2D eigenvalue weighted by molar-refractivity contribution is -0.152. The van der Waals surface area contributed by atoms with Crippen molar-refractivity contribution in [3.8, 4) is 22.6 Å². The van der Waals surface area contributed by atoms with Gasteiger partial charge in [-0.2, -0.15) is 13.2 Å². The highest BCUT2D eigenvalue weighted by atomic mass is 19.4. The van der Waals surface area contributed by atoms with Gasteiger partial charge in [-0.3, -0.25) is 4.79 Å². The zero-order valence-corrected chi connectivity index (χ0v) is 20.4. The number of fused-ring (bicyclic) bond motifs is 2. The Bertz CT molecular complexity index is 1730. The highest BCUT2D eigenvalue weighted by Crippen LogP contribution is 2.39. The first-order valence-corrected chi connectivity index (χ1v) is 11.7. The van der Waals surface area contributed by atoms with Gasteiger partial charge < -0.3 is 13.9 Å². The minimum Gasteiger partial charge on any atom is -0.482 e. The summed E-state index contributed by atoms with van der Waals surface area (Å²) in [6.45, 7) is 3.36. The second kappa shape index (κ2) is 9.70. The molecule has 0 N–H and O–H groups in total. The van der Waals surface area contributed by atoms with Crippen LogP contribution in [0.2, 0.25) is 0 Å². The summed E-state index contributed by atoms with van der Waals surface area (Å²) in [5.74, 6) is -1.79. The maximum atomic E-state index is 14.1. The highest BCUT2D eigenvalue weighted by Gasteiger charge is 2.39. The topological polar surface area (TPSA) is 65.7 Å². The molecule has 8 heteroatoms. The van der Waals surface area contributed by atoms with Gasteiger partial charge in [0.25, 0.3) is 0 Å². The maximum absolute atomic E-state index is 14.1. The molecular weight excluding hydrogens is 497 g/mol. The van der Waals surface area contributed by atoms with Crippen LogP contribution in [0.5, 0.6) is 11.5 Å². The lowest BCUT2D eigenvalue weighted by Gasteiger charge is -2.15. The molecule has 5 rings (SSSR count). The first kappa shape index (κ1) is 25.1. The Kier molecular flexibility index (Phi) is 6.40. The summed E-state index contributed by atoms with van der Waals surface area (Å²) in [6, 6.07) is 20.8. The van der Waals surface area contributed by atoms with Crippen LogP contribution in [0.1, 0.15) is 16.9 Å². The van der Waals surface area contributed by atoms with Crippen LogP contribution in [0.15, 0.2) is 88.1 Å². The van der Waals surface area contributed by atoms with Crippen LogP contribution in [-0.4, -0.2) is 12.6 Å². The van der Waals surface area contributed by atoms with Crippen molar-refractivity contribution < 1.29 is 31.9 Å². The molecule has 0 spiro atoms. The van der Waals surface area contributed by atoms with Gasteiger partial charge in [-0.15, -0.1) is 0 Å². The van der Waals surface area contributed by atoms with Gasteiger partial charge in [-0.05, 0) is 65.6 Å². The predicted octanol–water partition coefficient (Wildman–Crippen LogP) is 7.23. The molecule has 0 aliphatic carbocycles. The summed E-state index contributed by atoms with van der Waals surface area (Å²) in [4.78, 5) is 25.7. The largest absolute Gasteiger partial charge is 0.482 e. The Hall–Kier alpha value is -4.59. The number of hydrogen-bond acceptors (Lipinski definition) is 5. The summed E-state index contributed by atoms with van der Waals surface area (Å²) in [5, 5.41) is 1.09. The van der Waals surface area contributed by atoms with Gasteiger partial charge in [0, 0.05) is 6.07 Å². The quantitative estimate of drug-likeness (QED) is 0.181. The zero-order chi connectivity index (χ0) is 27.0. The normalized spacial score (nSPS) is 11.6. The van der Waals surface area contributed by atoms with Crippen molar-refractivity contribution in [2.75, 3.05) is 6.61 Å². The van der Waals surface area contributed by atoms with Gasteiger partial charge in [-0.1, -0.05) is 48.5 Å². The first-order valence-electron chi connectivity index (χ1n) is 11.7. The van der Waals surface area contributed by atoms with Gasteiger partial charge in [0.1, 0.15) is 17.1 Å². The van der Waals surface area contributed by atoms with E-state index in [4.69, 9.17) is 13.9 Å². The number of aryl methyl sites for hydroxylation is 2. The number of carbonyl (C=O) groups excluding carboxylic acids is 1. The van der Waals surface area contributed by atoms with Gasteiger partial charge >= 0.3 is 12.1 Å². The number of ether oxygens (including phenoxy) is 2. The fourth-order valence-electron chi connectivity index (χ4n) is 4.44. The molecule has 5 aromatic rings. The smallest absolute Gasteiger partial charge is 0.450 e. The molecule has 0 aliphatic heterocycles. The molecule has 0 bridgehead atoms. The van der Waals surface area contributed by atoms with Crippen molar-refractivity contribution in [3.63, 3.8) is 0 Å². The van der Waals surface area contributed by atoms with Crippen LogP contribution < -0.4 is 14.9 Å². The van der Waals surface area contributed by atoms with Gasteiger partial charge in [-0.25, -0.2) is 4.79 Å². The minimum absolute atomic E-state index is 0.0766. The van der Waals surface area contributed by atoms with Gasteiger partial charge in [0.2, 0.25) is 11.2 Å². The molecule has 1 heterocycles. The molecular formula is C30H21F3O5. The predicted molar refractivity (Wildman–Crippen MR) is 137 cm³/mol. The van der Waals surface area contributed by atoms with Crippen molar-refractivity contribution >= 4 is 27.7 Å². The fraction of sp³-hybridized carbons (Fsp3) is 0.133. The molecule has 1 aromatic heterocycles. The Morgan fingerprint density at radius 3 is 2.29 bits per heavy atom. The number of alkyl halides is 3. The Morgan fingerprint density at radius 2 is 1.55 bits per heavy atom. The van der Waals surface area contributed by atoms with E-state index in [0.717, 1.165) is 17.2 Å². The second-order valence-electron chi connectivity index (χ2n) is 8.90. The van der Waals surface area contributed by atoms with Crippen LogP contribution in [0.25, 0.3) is 32.9 Å². The molecule has 0 unspecified atom stereocenters. The van der Waals surface area contributed by atoms with Gasteiger partial charge in [0.05, 0.1) is 10.9 Å². The monoisotopic (exact) mass is 518 g/mol. The lowest BCUT2D eigenvalue weighted by atomic mass is 9.96. The third kappa shape index (κ3) is 4.98. The number of halogens is 3. The summed E-state index contributed by atoms with van der Waals surface area (Å²) in [5.41, 5.74) is 0.263. The molecule has 0 aliphatic rings. The van der Waals surface area contributed by atoms with Crippen LogP contribution in [0, 0.1) is 13.8 Å². The summed E-state index contributed by atoms with van der Waals surface area (Å²) < 4.78 is 58.4. The third-order valence-electron chi connectivity index (χ3n) is 5.96. The SMILES string of the molecule is Cc1cc(C)cc(OCC(=O)Oc2ccc3c(=O)c(-c4cccc5ccccc45)c(C(F)(F)F)oc3c2)c1. The van der Waals surface area contributed by atoms with E-state index in [2.05, 4.69) is 0 Å². The number of carbonyl (C=O) groups is 1. The fourth-order valence-corrected chi connectivity index (χ4v) is 4.44. The Morgan fingerprint density at radius 1 is 0.842 bits per heavy atom. The second-order valence-corrected chi connectivity index (χ2v) is 8.90. The molecule has 0 atom stereocenters. The van der Waals surface area contributed by atoms with E-state index in [1.54, 1.807) is 48.5 Å². The minimum atomic E-state index is -4.95. The van der Waals surface area contributed by atoms with E-state index in [9.17, 15) is 22.8 Å². The molecule has 5 nitrogen and oxygen atoms in total. The zero-order valence-electron chi connectivity index (χ0n) is 20.4. The summed E-state index contributed by atoms with van der Waals surface area (Å²) in [6.07, 6.45) is -4.95. The average Bonchev–Trinajstić information content (AvgIpc) is 2.86. The van der Waals surface area contributed by atoms with Crippen LogP contribution in [0.3, 0.4) is 0 Å². The summed E-state index contributed by atoms with van der Waals surface area (Å²) >= 11 is 0. The van der Waals surface area contributed by atoms with E-state index in [0.29, 0.717) is 16.5 Å². The van der Waals surface area contributed by atoms with E-state index in [1.807, 2.05) is 19.9 Å². The van der Waals surface area contributed by atoms with Crippen molar-refractivity contribution in [2.24, 2.45) is 0 Å². The van der Waals surface area contributed by atoms with Crippen LogP contribution in [0.4, 0.5) is 13.2 Å². The van der Waals surface area contributed by atoms with E-state index in [1.165, 1.54) is 18.2 Å². The number of benzene rings is 4. The molecule has 38 heavy (non-hydrogen) atoms. The van der Waals surface area contributed by atoms with Crippen molar-refractivity contribution in [2.45, 2.75) is 20.0 Å². The van der Waals surface area contributed by atoms with E-state index in [-0.39, 0.29) is 22.3 Å². The molecule has 0 saturated carbocycles. The standard InChI is InChI=1S/C30H21F3O5/c1-17-12-18(2)14-21(13-17)36-16-26(34)37-20-10-11-24-25(15-20)38-29(30(31,32)33)27(28(24)35)23-9-5-7-19-6-3-4-8-22(19)23/h3-15H,16H2,1-2H3. The Balaban J connectivity index is 1.51. The molecule has 0 saturated heterocycles. The van der Waals surface area contributed by atoms with Crippen molar-refractivity contribution in [1.82, 2.24) is 0 Å². The molecule has 0 fully saturated rings. The molecule has 0 amide bonds. The number of hydrogen-bond donors (Lipinski definition) is 0. The van der Waals surface area contributed by atoms with Crippen molar-refractivity contribution in [1.29, 1.82) is 0 Å². The molecule has 192 valence electrons. The van der Waals surface area contributed by atoms with Crippen molar-refractivity contribution in [3.05, 3.63) is 106 Å². The van der Waals surface area contributed by atoms with Crippen LogP contribution in [-0.2, 0) is 11.0 Å². The highest BCUT2D eigenvalue weighted by molar-refractivity contribution is 5.98. The number of esters is 1. The van der Waals surface area contributed by atoms with Gasteiger partial charge in [0.15, 0.2) is 6.61 Å². The first-order chi connectivity index (χ1) is 18.1.